The number of likely N-dealkylation sites (tertiary alicyclic amines) is 1. The zero-order chi connectivity index (χ0) is 25.8. The van der Waals surface area contributed by atoms with Crippen LogP contribution in [-0.4, -0.2) is 33.8 Å². The van der Waals surface area contributed by atoms with Gasteiger partial charge >= 0.3 is 0 Å². The van der Waals surface area contributed by atoms with Crippen LogP contribution in [0.15, 0.2) is 109 Å². The second kappa shape index (κ2) is 10.4. The molecule has 1 unspecified atom stereocenters. The van der Waals surface area contributed by atoms with Gasteiger partial charge < -0.3 is 19.5 Å². The van der Waals surface area contributed by atoms with Gasteiger partial charge in [0.15, 0.2) is 0 Å². The van der Waals surface area contributed by atoms with Crippen LogP contribution in [-0.2, 0) is 16.1 Å². The second-order valence-electron chi connectivity index (χ2n) is 8.50. The minimum Gasteiger partial charge on any atom is -0.507 e. The van der Waals surface area contributed by atoms with Crippen molar-refractivity contribution in [3.63, 3.8) is 0 Å². The Bertz CT molecular complexity index is 1450. The molecule has 7 nitrogen and oxygen atoms in total. The van der Waals surface area contributed by atoms with Crippen LogP contribution in [0.5, 0.6) is 17.2 Å². The summed E-state index contributed by atoms with van der Waals surface area (Å²) in [5.74, 6) is 0.0993. The number of carbonyl (C=O) groups is 2. The maximum Gasteiger partial charge on any atom is 0.295 e. The van der Waals surface area contributed by atoms with Crippen LogP contribution in [0.1, 0.15) is 22.7 Å². The number of aromatic nitrogens is 1. The largest absolute Gasteiger partial charge is 0.507 e. The zero-order valence-corrected chi connectivity index (χ0v) is 20.1. The molecule has 3 aromatic carbocycles. The minimum atomic E-state index is -0.832. The number of benzene rings is 3. The molecule has 1 aliphatic heterocycles. The summed E-state index contributed by atoms with van der Waals surface area (Å²) in [5, 5.41) is 11.3. The Morgan fingerprint density at radius 3 is 2.35 bits per heavy atom. The van der Waals surface area contributed by atoms with E-state index in [4.69, 9.17) is 9.47 Å². The molecule has 1 aromatic heterocycles. The van der Waals surface area contributed by atoms with Gasteiger partial charge in [-0.3, -0.25) is 14.6 Å². The quantitative estimate of drug-likeness (QED) is 0.208. The van der Waals surface area contributed by atoms with Gasteiger partial charge in [-0.05, 0) is 65.7 Å². The highest BCUT2D eigenvalue weighted by molar-refractivity contribution is 6.46. The van der Waals surface area contributed by atoms with Crippen molar-refractivity contribution in [1.82, 2.24) is 9.88 Å². The van der Waals surface area contributed by atoms with Crippen LogP contribution in [0, 0.1) is 0 Å². The third-order valence-electron chi connectivity index (χ3n) is 6.13. The highest BCUT2D eigenvalue weighted by atomic mass is 16.5. The van der Waals surface area contributed by atoms with Gasteiger partial charge in [0.05, 0.1) is 18.7 Å². The molecule has 1 atom stereocenters. The number of hydrogen-bond acceptors (Lipinski definition) is 6. The van der Waals surface area contributed by atoms with Crippen molar-refractivity contribution in [2.24, 2.45) is 0 Å². The van der Waals surface area contributed by atoms with Crippen LogP contribution in [0.3, 0.4) is 0 Å². The molecule has 184 valence electrons. The summed E-state index contributed by atoms with van der Waals surface area (Å²) in [4.78, 5) is 32.2. The molecular weight excluding hydrogens is 468 g/mol. The average Bonchev–Trinajstić information content (AvgIpc) is 3.19. The Hall–Kier alpha value is -4.91. The SMILES string of the molecule is COc1ccc(/C(O)=C2\C(=O)C(=O)N(Cc3cccnc3)C2c2cccc(Oc3ccccc3)c2)cc1. The van der Waals surface area contributed by atoms with E-state index in [0.717, 1.165) is 5.56 Å². The number of ether oxygens (including phenoxy) is 2. The van der Waals surface area contributed by atoms with Gasteiger partial charge in [-0.1, -0.05) is 36.4 Å². The number of pyridine rings is 1. The molecule has 7 heteroatoms. The Kier molecular flexibility index (Phi) is 6.68. The van der Waals surface area contributed by atoms with Gasteiger partial charge in [0.2, 0.25) is 0 Å². The monoisotopic (exact) mass is 492 g/mol. The first-order valence-corrected chi connectivity index (χ1v) is 11.7. The molecular formula is C30H24N2O5. The topological polar surface area (TPSA) is 89.0 Å². The minimum absolute atomic E-state index is 0.0101. The Balaban J connectivity index is 1.60. The first-order valence-electron chi connectivity index (χ1n) is 11.7. The lowest BCUT2D eigenvalue weighted by molar-refractivity contribution is -0.140. The van der Waals surface area contributed by atoms with E-state index < -0.39 is 17.7 Å². The first-order chi connectivity index (χ1) is 18.0. The fraction of sp³-hybridized carbons (Fsp3) is 0.100. The summed E-state index contributed by atoms with van der Waals surface area (Å²) >= 11 is 0. The number of Topliss-reactive ketones (excluding diaryl/α,β-unsaturated/α-hetero) is 1. The molecule has 1 N–H and O–H groups in total. The molecule has 37 heavy (non-hydrogen) atoms. The smallest absolute Gasteiger partial charge is 0.295 e. The van der Waals surface area contributed by atoms with Gasteiger partial charge in [-0.15, -0.1) is 0 Å². The number of carbonyl (C=O) groups excluding carboxylic acids is 2. The van der Waals surface area contributed by atoms with Crippen molar-refractivity contribution in [1.29, 1.82) is 0 Å². The van der Waals surface area contributed by atoms with Gasteiger partial charge in [0, 0.05) is 24.5 Å². The maximum absolute atomic E-state index is 13.3. The number of ketones is 1. The second-order valence-corrected chi connectivity index (χ2v) is 8.50. The molecule has 4 aromatic rings. The van der Waals surface area contributed by atoms with E-state index in [-0.39, 0.29) is 17.9 Å². The fourth-order valence-corrected chi connectivity index (χ4v) is 4.36. The first kappa shape index (κ1) is 23.8. The standard InChI is InChI=1S/C30H24N2O5/c1-36-23-14-12-21(13-15-23)28(33)26-27(32(30(35)29(26)34)19-20-7-6-16-31-18-20)22-8-5-11-25(17-22)37-24-9-3-2-4-10-24/h2-18,27,33H,19H2,1H3/b28-26+. The lowest BCUT2D eigenvalue weighted by Gasteiger charge is -2.25. The van der Waals surface area contributed by atoms with Crippen molar-refractivity contribution in [2.75, 3.05) is 7.11 Å². The summed E-state index contributed by atoms with van der Waals surface area (Å²) < 4.78 is 11.2. The van der Waals surface area contributed by atoms with E-state index in [1.54, 1.807) is 68.0 Å². The summed E-state index contributed by atoms with van der Waals surface area (Å²) in [7, 11) is 1.54. The number of rotatable bonds is 7. The van der Waals surface area contributed by atoms with Gasteiger partial charge in [-0.25, -0.2) is 0 Å². The van der Waals surface area contributed by atoms with Gasteiger partial charge in [0.25, 0.3) is 11.7 Å². The number of aliphatic hydroxyl groups is 1. The third kappa shape index (κ3) is 4.92. The fourth-order valence-electron chi connectivity index (χ4n) is 4.36. The van der Waals surface area contributed by atoms with E-state index in [1.165, 1.54) is 4.90 Å². The van der Waals surface area contributed by atoms with Gasteiger partial charge in [-0.2, -0.15) is 0 Å². The highest BCUT2D eigenvalue weighted by Gasteiger charge is 2.46. The maximum atomic E-state index is 13.3. The molecule has 0 spiro atoms. The van der Waals surface area contributed by atoms with Crippen LogP contribution in [0.4, 0.5) is 0 Å². The van der Waals surface area contributed by atoms with Crippen LogP contribution in [0.2, 0.25) is 0 Å². The molecule has 5 rings (SSSR count). The molecule has 1 saturated heterocycles. The van der Waals surface area contributed by atoms with E-state index in [1.807, 2.05) is 42.5 Å². The molecule has 2 heterocycles. The van der Waals surface area contributed by atoms with Crippen LogP contribution in [0.25, 0.3) is 5.76 Å². The number of para-hydroxylation sites is 1. The third-order valence-corrected chi connectivity index (χ3v) is 6.13. The number of methoxy groups -OCH3 is 1. The van der Waals surface area contributed by atoms with E-state index in [9.17, 15) is 14.7 Å². The Labute approximate surface area is 214 Å². The molecule has 1 aliphatic rings. The number of aliphatic hydroxyl groups excluding tert-OH is 1. The Morgan fingerprint density at radius 1 is 0.892 bits per heavy atom. The normalized spacial score (nSPS) is 16.6. The zero-order valence-electron chi connectivity index (χ0n) is 20.1. The summed E-state index contributed by atoms with van der Waals surface area (Å²) in [5.41, 5.74) is 1.81. The molecule has 0 bridgehead atoms. The van der Waals surface area contributed by atoms with E-state index >= 15 is 0 Å². The van der Waals surface area contributed by atoms with Crippen molar-refractivity contribution in [3.05, 3.63) is 126 Å². The van der Waals surface area contributed by atoms with Crippen LogP contribution >= 0.6 is 0 Å². The van der Waals surface area contributed by atoms with E-state index in [2.05, 4.69) is 4.98 Å². The predicted octanol–water partition coefficient (Wildman–Crippen LogP) is 5.50. The molecule has 0 saturated carbocycles. The lowest BCUT2D eigenvalue weighted by atomic mass is 9.95. The lowest BCUT2D eigenvalue weighted by Crippen LogP contribution is -2.29. The number of amides is 1. The summed E-state index contributed by atoms with van der Waals surface area (Å²) in [6, 6.07) is 25.9. The summed E-state index contributed by atoms with van der Waals surface area (Å²) in [6.45, 7) is 0.145. The highest BCUT2D eigenvalue weighted by Crippen LogP contribution is 2.41. The van der Waals surface area contributed by atoms with Crippen molar-refractivity contribution < 1.29 is 24.2 Å². The predicted molar refractivity (Wildman–Crippen MR) is 138 cm³/mol. The number of hydrogen-bond donors (Lipinski definition) is 1. The van der Waals surface area contributed by atoms with Crippen molar-refractivity contribution in [3.8, 4) is 17.2 Å². The molecule has 0 radical (unpaired) electrons. The van der Waals surface area contributed by atoms with Gasteiger partial charge in [0.1, 0.15) is 23.0 Å². The number of nitrogens with zero attached hydrogens (tertiary/aromatic N) is 2. The van der Waals surface area contributed by atoms with Crippen molar-refractivity contribution >= 4 is 17.4 Å². The summed E-state index contributed by atoms with van der Waals surface area (Å²) in [6.07, 6.45) is 3.29. The van der Waals surface area contributed by atoms with Crippen molar-refractivity contribution in [2.45, 2.75) is 12.6 Å². The molecule has 1 amide bonds. The molecule has 0 aliphatic carbocycles. The Morgan fingerprint density at radius 2 is 1.65 bits per heavy atom. The molecule has 1 fully saturated rings. The van der Waals surface area contributed by atoms with E-state index in [0.29, 0.717) is 28.4 Å². The average molecular weight is 493 g/mol. The van der Waals surface area contributed by atoms with Crippen LogP contribution < -0.4 is 9.47 Å².